The highest BCUT2D eigenvalue weighted by Gasteiger charge is 2.28. The number of aliphatic hydroxyl groups is 1. The molecule has 0 bridgehead atoms. The summed E-state index contributed by atoms with van der Waals surface area (Å²) in [5.41, 5.74) is 6.24. The molecule has 1 aliphatic carbocycles. The number of allylic oxidation sites excluding steroid dienone is 1. The van der Waals surface area contributed by atoms with Gasteiger partial charge in [0.25, 0.3) is 0 Å². The molecular weight excluding hydrogens is 493 g/mol. The van der Waals surface area contributed by atoms with Crippen molar-refractivity contribution >= 4 is 11.9 Å². The molecule has 0 aliphatic heterocycles. The van der Waals surface area contributed by atoms with Crippen LogP contribution in [0.1, 0.15) is 91.6 Å². The van der Waals surface area contributed by atoms with Gasteiger partial charge in [-0.1, -0.05) is 24.3 Å². The summed E-state index contributed by atoms with van der Waals surface area (Å²) in [5.74, 6) is -1.14. The van der Waals surface area contributed by atoms with Crippen LogP contribution in [0.25, 0.3) is 11.1 Å². The van der Waals surface area contributed by atoms with Crippen LogP contribution in [0.2, 0.25) is 0 Å². The van der Waals surface area contributed by atoms with Gasteiger partial charge in [-0.25, -0.2) is 4.39 Å². The summed E-state index contributed by atoms with van der Waals surface area (Å²) in [5, 5.41) is 12.9. The number of aryl methyl sites for hydroxylation is 3. The molecule has 2 atom stereocenters. The monoisotopic (exact) mass is 535 g/mol. The van der Waals surface area contributed by atoms with Crippen molar-refractivity contribution in [1.29, 1.82) is 0 Å². The van der Waals surface area contributed by atoms with Crippen LogP contribution in [-0.4, -0.2) is 29.7 Å². The second kappa shape index (κ2) is 14.2. The zero-order chi connectivity index (χ0) is 28.5. The Morgan fingerprint density at radius 1 is 1.13 bits per heavy atom. The average molecular weight is 536 g/mol. The molecule has 0 radical (unpaired) electrons. The molecule has 1 amide bonds. The van der Waals surface area contributed by atoms with Gasteiger partial charge in [0.05, 0.1) is 19.1 Å². The van der Waals surface area contributed by atoms with Gasteiger partial charge in [-0.3, -0.25) is 9.59 Å². The fraction of sp³-hybridized carbons (Fsp3) is 0.455. The van der Waals surface area contributed by atoms with E-state index in [0.29, 0.717) is 11.5 Å². The Morgan fingerprint density at radius 3 is 2.51 bits per heavy atom. The summed E-state index contributed by atoms with van der Waals surface area (Å²) >= 11 is 0. The minimum Gasteiger partial charge on any atom is -0.466 e. The Kier molecular flexibility index (Phi) is 11.0. The number of ether oxygens (including phenoxy) is 1. The summed E-state index contributed by atoms with van der Waals surface area (Å²) in [6.45, 7) is 13.0. The fourth-order valence-corrected chi connectivity index (χ4v) is 5.11. The third-order valence-electron chi connectivity index (χ3n) is 7.22. The van der Waals surface area contributed by atoms with Crippen molar-refractivity contribution in [3.05, 3.63) is 83.2 Å². The van der Waals surface area contributed by atoms with Crippen molar-refractivity contribution in [2.75, 3.05) is 6.61 Å². The molecule has 39 heavy (non-hydrogen) atoms. The van der Waals surface area contributed by atoms with Crippen LogP contribution >= 0.6 is 0 Å². The number of amides is 1. The molecular formula is C33H42FNO4. The number of unbranched alkanes of at least 4 members (excludes halogenated alkanes) is 2. The number of nitrogens with one attached hydrogen (secondary N) is 1. The third-order valence-corrected chi connectivity index (χ3v) is 7.22. The number of hydrogen-bond acceptors (Lipinski definition) is 4. The van der Waals surface area contributed by atoms with Crippen LogP contribution in [0.3, 0.4) is 0 Å². The van der Waals surface area contributed by atoms with E-state index in [2.05, 4.69) is 37.5 Å². The molecule has 6 heteroatoms. The first-order valence-electron chi connectivity index (χ1n) is 14.0. The Morgan fingerprint density at radius 2 is 1.87 bits per heavy atom. The van der Waals surface area contributed by atoms with Gasteiger partial charge in [0, 0.05) is 12.0 Å². The van der Waals surface area contributed by atoms with Crippen LogP contribution in [0.5, 0.6) is 0 Å². The number of carbonyl (C=O) groups is 2. The predicted octanol–water partition coefficient (Wildman–Crippen LogP) is 6.93. The largest absolute Gasteiger partial charge is 0.466 e. The van der Waals surface area contributed by atoms with E-state index in [0.717, 1.165) is 42.4 Å². The molecule has 0 aromatic heterocycles. The highest BCUT2D eigenvalue weighted by atomic mass is 19.1. The van der Waals surface area contributed by atoms with Crippen molar-refractivity contribution in [3.8, 4) is 11.1 Å². The maximum absolute atomic E-state index is 15.7. The first-order chi connectivity index (χ1) is 18.7. The first-order valence-corrected chi connectivity index (χ1v) is 14.0. The van der Waals surface area contributed by atoms with Gasteiger partial charge in [0.2, 0.25) is 5.91 Å². The lowest BCUT2D eigenvalue weighted by molar-refractivity contribution is -0.144. The Balaban J connectivity index is 2.08. The zero-order valence-corrected chi connectivity index (χ0v) is 23.5. The van der Waals surface area contributed by atoms with E-state index in [-0.39, 0.29) is 25.0 Å². The van der Waals surface area contributed by atoms with E-state index in [1.807, 2.05) is 12.1 Å². The molecule has 210 valence electrons. The van der Waals surface area contributed by atoms with Gasteiger partial charge in [-0.05, 0) is 111 Å². The molecule has 0 saturated heterocycles. The number of benzene rings is 2. The number of halogens is 1. The smallest absolute Gasteiger partial charge is 0.308 e. The lowest BCUT2D eigenvalue weighted by atomic mass is 9.86. The van der Waals surface area contributed by atoms with Gasteiger partial charge in [-0.15, -0.1) is 13.2 Å². The summed E-state index contributed by atoms with van der Waals surface area (Å²) in [6, 6.07) is 7.11. The Labute approximate surface area is 232 Å². The molecule has 0 spiro atoms. The van der Waals surface area contributed by atoms with Crippen LogP contribution in [0, 0.1) is 19.7 Å². The van der Waals surface area contributed by atoms with Gasteiger partial charge >= 0.3 is 5.97 Å². The molecule has 2 N–H and O–H groups in total. The van der Waals surface area contributed by atoms with Crippen LogP contribution < -0.4 is 5.32 Å². The SMILES string of the molecule is C=CCCCCc1cc(C2CC2)cc(C)c1-c1cc(C)c(F)c([C@H](CC(=O)OCC)NC(=O)[C@H](O)CC=C)c1. The molecule has 2 aromatic rings. The lowest BCUT2D eigenvalue weighted by Gasteiger charge is -2.23. The quantitative estimate of drug-likeness (QED) is 0.147. The number of carbonyl (C=O) groups excluding carboxylic acids is 2. The van der Waals surface area contributed by atoms with Gasteiger partial charge < -0.3 is 15.2 Å². The van der Waals surface area contributed by atoms with E-state index in [4.69, 9.17) is 4.74 Å². The molecule has 0 unspecified atom stereocenters. The number of rotatable bonds is 15. The Bertz CT molecular complexity index is 1200. The fourth-order valence-electron chi connectivity index (χ4n) is 5.11. The topological polar surface area (TPSA) is 75.6 Å². The first kappa shape index (κ1) is 30.3. The normalized spacial score (nSPS) is 14.4. The molecule has 1 fully saturated rings. The van der Waals surface area contributed by atoms with E-state index in [1.165, 1.54) is 30.0 Å². The van der Waals surface area contributed by atoms with Crippen molar-refractivity contribution in [1.82, 2.24) is 5.32 Å². The van der Waals surface area contributed by atoms with Crippen molar-refractivity contribution in [2.24, 2.45) is 0 Å². The number of hydrogen-bond donors (Lipinski definition) is 2. The number of esters is 1. The third kappa shape index (κ3) is 8.12. The van der Waals surface area contributed by atoms with Gasteiger partial charge in [0.15, 0.2) is 0 Å². The minimum atomic E-state index is -1.35. The van der Waals surface area contributed by atoms with E-state index in [9.17, 15) is 14.7 Å². The van der Waals surface area contributed by atoms with Gasteiger partial charge in [-0.2, -0.15) is 0 Å². The summed E-state index contributed by atoms with van der Waals surface area (Å²) < 4.78 is 20.8. The number of aliphatic hydroxyl groups excluding tert-OH is 1. The summed E-state index contributed by atoms with van der Waals surface area (Å²) in [7, 11) is 0. The molecule has 0 heterocycles. The van der Waals surface area contributed by atoms with E-state index < -0.39 is 29.8 Å². The van der Waals surface area contributed by atoms with Crippen molar-refractivity contribution in [3.63, 3.8) is 0 Å². The molecule has 1 saturated carbocycles. The zero-order valence-electron chi connectivity index (χ0n) is 23.5. The van der Waals surface area contributed by atoms with Gasteiger partial charge in [0.1, 0.15) is 11.9 Å². The molecule has 1 aliphatic rings. The maximum Gasteiger partial charge on any atom is 0.308 e. The van der Waals surface area contributed by atoms with E-state index in [1.54, 1.807) is 19.9 Å². The van der Waals surface area contributed by atoms with Crippen LogP contribution in [-0.2, 0) is 20.7 Å². The Hall–Kier alpha value is -3.25. The van der Waals surface area contributed by atoms with Crippen LogP contribution in [0.15, 0.2) is 49.6 Å². The molecule has 2 aromatic carbocycles. The predicted molar refractivity (Wildman–Crippen MR) is 154 cm³/mol. The van der Waals surface area contributed by atoms with Crippen molar-refractivity contribution in [2.45, 2.75) is 90.2 Å². The van der Waals surface area contributed by atoms with Crippen LogP contribution in [0.4, 0.5) is 4.39 Å². The highest BCUT2D eigenvalue weighted by Crippen LogP contribution is 2.43. The second-order valence-electron chi connectivity index (χ2n) is 10.5. The molecule has 3 rings (SSSR count). The lowest BCUT2D eigenvalue weighted by Crippen LogP contribution is -2.38. The summed E-state index contributed by atoms with van der Waals surface area (Å²) in [4.78, 5) is 25.2. The van der Waals surface area contributed by atoms with Crippen molar-refractivity contribution < 1.29 is 23.8 Å². The summed E-state index contributed by atoms with van der Waals surface area (Å²) in [6.07, 6.45) is 8.15. The average Bonchev–Trinajstić information content (AvgIpc) is 3.73. The minimum absolute atomic E-state index is 0.0429. The maximum atomic E-state index is 15.7. The molecule has 5 nitrogen and oxygen atoms in total. The van der Waals surface area contributed by atoms with E-state index >= 15 is 4.39 Å². The standard InChI is InChI=1S/C33H42FNO4/c1-6-9-10-11-13-24-18-25(23-14-15-23)16-21(4)31(24)26-17-22(5)32(34)27(19-26)28(20-30(37)39-8-3)35-33(38)29(36)12-7-2/h6-7,16-19,23,28-29,36H,1-2,8-15,20H2,3-5H3,(H,35,38)/t28-,29+/m0/s1. The second-order valence-corrected chi connectivity index (χ2v) is 10.5. The highest BCUT2D eigenvalue weighted by molar-refractivity contribution is 5.82.